The molecule has 0 radical (unpaired) electrons. The average molecular weight is 282 g/mol. The minimum atomic E-state index is -3.71. The Labute approximate surface area is 113 Å². The minimum absolute atomic E-state index is 0.165. The lowest BCUT2D eigenvalue weighted by molar-refractivity contribution is 0.127. The molecule has 5 nitrogen and oxygen atoms in total. The van der Waals surface area contributed by atoms with Crippen LogP contribution < -0.4 is 5.14 Å². The van der Waals surface area contributed by atoms with Gasteiger partial charge in [0.1, 0.15) is 4.90 Å². The van der Waals surface area contributed by atoms with Crippen molar-refractivity contribution in [3.05, 3.63) is 30.5 Å². The van der Waals surface area contributed by atoms with Gasteiger partial charge in [-0.1, -0.05) is 25.1 Å². The molecule has 0 fully saturated rings. The molecule has 0 aliphatic rings. The van der Waals surface area contributed by atoms with Gasteiger partial charge in [-0.05, 0) is 12.5 Å². The van der Waals surface area contributed by atoms with E-state index in [9.17, 15) is 8.42 Å². The maximum absolute atomic E-state index is 11.6. The summed E-state index contributed by atoms with van der Waals surface area (Å²) >= 11 is 0. The van der Waals surface area contributed by atoms with Gasteiger partial charge in [0.15, 0.2) is 0 Å². The highest BCUT2D eigenvalue weighted by Gasteiger charge is 2.16. The van der Waals surface area contributed by atoms with Crippen molar-refractivity contribution in [3.63, 3.8) is 0 Å². The summed E-state index contributed by atoms with van der Waals surface area (Å²) in [7, 11) is -3.71. The van der Waals surface area contributed by atoms with Crippen molar-refractivity contribution in [2.24, 2.45) is 5.14 Å². The van der Waals surface area contributed by atoms with Gasteiger partial charge in [-0.3, -0.25) is 0 Å². The first-order valence-electron chi connectivity index (χ1n) is 6.22. The molecule has 0 unspecified atom stereocenters. The summed E-state index contributed by atoms with van der Waals surface area (Å²) in [6.45, 7) is 3.91. The number of sulfonamides is 1. The number of primary sulfonamides is 1. The second-order valence-corrected chi connectivity index (χ2v) is 5.89. The van der Waals surface area contributed by atoms with E-state index in [1.165, 1.54) is 0 Å². The van der Waals surface area contributed by atoms with E-state index >= 15 is 0 Å². The fourth-order valence-corrected chi connectivity index (χ4v) is 2.79. The third-order valence-electron chi connectivity index (χ3n) is 2.88. The van der Waals surface area contributed by atoms with E-state index in [1.54, 1.807) is 18.3 Å². The first-order valence-corrected chi connectivity index (χ1v) is 7.77. The Bertz CT molecular complexity index is 662. The minimum Gasteiger partial charge on any atom is -0.380 e. The molecule has 0 saturated carbocycles. The Morgan fingerprint density at radius 3 is 2.68 bits per heavy atom. The second-order valence-electron chi connectivity index (χ2n) is 4.36. The van der Waals surface area contributed by atoms with Crippen LogP contribution in [0.25, 0.3) is 10.9 Å². The number of hydrogen-bond acceptors (Lipinski definition) is 3. The largest absolute Gasteiger partial charge is 0.380 e. The van der Waals surface area contributed by atoms with E-state index in [1.807, 2.05) is 23.6 Å². The molecule has 19 heavy (non-hydrogen) atoms. The molecule has 0 spiro atoms. The van der Waals surface area contributed by atoms with Gasteiger partial charge in [0, 0.05) is 30.3 Å². The molecule has 2 N–H and O–H groups in total. The molecule has 104 valence electrons. The molecule has 6 heteroatoms. The number of aromatic nitrogens is 1. The highest BCUT2D eigenvalue weighted by molar-refractivity contribution is 7.89. The highest BCUT2D eigenvalue weighted by atomic mass is 32.2. The monoisotopic (exact) mass is 282 g/mol. The Balaban J connectivity index is 2.34. The van der Waals surface area contributed by atoms with Crippen LogP contribution in [0, 0.1) is 0 Å². The zero-order valence-electron chi connectivity index (χ0n) is 10.9. The quantitative estimate of drug-likeness (QED) is 0.820. The summed E-state index contributed by atoms with van der Waals surface area (Å²) in [5, 5.41) is 5.89. The molecule has 1 heterocycles. The SMILES string of the molecule is CCCOCCn1cc(S(N)(=O)=O)c2ccccc21. The Kier molecular flexibility index (Phi) is 4.24. The predicted octanol–water partition coefficient (Wildman–Crippen LogP) is 1.72. The number of nitrogens with zero attached hydrogens (tertiary/aromatic N) is 1. The van der Waals surface area contributed by atoms with Crippen LogP contribution in [0.1, 0.15) is 13.3 Å². The van der Waals surface area contributed by atoms with Crippen LogP contribution in [0.2, 0.25) is 0 Å². The number of para-hydroxylation sites is 1. The number of ether oxygens (including phenoxy) is 1. The lowest BCUT2D eigenvalue weighted by atomic mass is 10.2. The van der Waals surface area contributed by atoms with E-state index in [0.717, 1.165) is 11.9 Å². The number of benzene rings is 1. The summed E-state index contributed by atoms with van der Waals surface area (Å²) in [5.41, 5.74) is 0.853. The Morgan fingerprint density at radius 2 is 2.00 bits per heavy atom. The van der Waals surface area contributed by atoms with Crippen molar-refractivity contribution in [2.75, 3.05) is 13.2 Å². The van der Waals surface area contributed by atoms with Crippen molar-refractivity contribution in [1.29, 1.82) is 0 Å². The fourth-order valence-electron chi connectivity index (χ4n) is 2.03. The van der Waals surface area contributed by atoms with Crippen molar-refractivity contribution in [3.8, 4) is 0 Å². The maximum Gasteiger partial charge on any atom is 0.240 e. The number of nitrogens with two attached hydrogens (primary N) is 1. The van der Waals surface area contributed by atoms with Crippen LogP contribution in [-0.4, -0.2) is 26.2 Å². The van der Waals surface area contributed by atoms with Crippen molar-refractivity contribution in [2.45, 2.75) is 24.8 Å². The number of rotatable bonds is 6. The third kappa shape index (κ3) is 3.15. The van der Waals surface area contributed by atoms with E-state index in [0.29, 0.717) is 25.1 Å². The summed E-state index contributed by atoms with van der Waals surface area (Å²) in [6.07, 6.45) is 2.55. The molecular weight excluding hydrogens is 264 g/mol. The topological polar surface area (TPSA) is 74.3 Å². The van der Waals surface area contributed by atoms with E-state index in [2.05, 4.69) is 0 Å². The third-order valence-corrected chi connectivity index (χ3v) is 3.82. The Morgan fingerprint density at radius 1 is 1.26 bits per heavy atom. The molecule has 0 aliphatic heterocycles. The van der Waals surface area contributed by atoms with Crippen molar-refractivity contribution >= 4 is 20.9 Å². The highest BCUT2D eigenvalue weighted by Crippen LogP contribution is 2.24. The van der Waals surface area contributed by atoms with Crippen LogP contribution in [0.3, 0.4) is 0 Å². The van der Waals surface area contributed by atoms with Crippen LogP contribution in [0.5, 0.6) is 0 Å². The molecule has 0 amide bonds. The first kappa shape index (κ1) is 14.0. The van der Waals surface area contributed by atoms with Crippen LogP contribution >= 0.6 is 0 Å². The molecule has 2 aromatic rings. The van der Waals surface area contributed by atoms with Gasteiger partial charge in [0.25, 0.3) is 0 Å². The van der Waals surface area contributed by atoms with Gasteiger partial charge in [0.2, 0.25) is 10.0 Å². The lowest BCUT2D eigenvalue weighted by Gasteiger charge is -2.05. The summed E-state index contributed by atoms with van der Waals surface area (Å²) < 4.78 is 30.4. The maximum atomic E-state index is 11.6. The van der Waals surface area contributed by atoms with Crippen LogP contribution in [-0.2, 0) is 21.3 Å². The summed E-state index contributed by atoms with van der Waals surface area (Å²) in [5.74, 6) is 0. The molecule has 0 atom stereocenters. The first-order chi connectivity index (χ1) is 9.04. The van der Waals surface area contributed by atoms with E-state index < -0.39 is 10.0 Å². The van der Waals surface area contributed by atoms with Gasteiger partial charge >= 0.3 is 0 Å². The number of hydrogen-bond donors (Lipinski definition) is 1. The second kappa shape index (κ2) is 5.73. The smallest absolute Gasteiger partial charge is 0.240 e. The number of fused-ring (bicyclic) bond motifs is 1. The standard InChI is InChI=1S/C13H18N2O3S/c1-2-8-18-9-7-15-10-13(19(14,16)17)11-5-3-4-6-12(11)15/h3-6,10H,2,7-9H2,1H3,(H2,14,16,17). The molecule has 1 aromatic heterocycles. The van der Waals surface area contributed by atoms with Crippen molar-refractivity contribution < 1.29 is 13.2 Å². The van der Waals surface area contributed by atoms with Gasteiger partial charge in [-0.15, -0.1) is 0 Å². The predicted molar refractivity (Wildman–Crippen MR) is 74.4 cm³/mol. The fraction of sp³-hybridized carbons (Fsp3) is 0.385. The zero-order valence-corrected chi connectivity index (χ0v) is 11.7. The molecule has 2 rings (SSSR count). The van der Waals surface area contributed by atoms with Gasteiger partial charge in [0.05, 0.1) is 6.61 Å². The van der Waals surface area contributed by atoms with Crippen molar-refractivity contribution in [1.82, 2.24) is 4.57 Å². The van der Waals surface area contributed by atoms with Crippen LogP contribution in [0.4, 0.5) is 0 Å². The lowest BCUT2D eigenvalue weighted by Crippen LogP contribution is -2.11. The molecule has 0 bridgehead atoms. The summed E-state index contributed by atoms with van der Waals surface area (Å²) in [4.78, 5) is 0.165. The molecule has 0 aliphatic carbocycles. The van der Waals surface area contributed by atoms with E-state index in [4.69, 9.17) is 9.88 Å². The zero-order chi connectivity index (χ0) is 13.9. The molecule has 1 aromatic carbocycles. The van der Waals surface area contributed by atoms with Gasteiger partial charge < -0.3 is 9.30 Å². The Hall–Kier alpha value is -1.37. The molecule has 0 saturated heterocycles. The summed E-state index contributed by atoms with van der Waals surface area (Å²) in [6, 6.07) is 7.32. The average Bonchev–Trinajstić information content (AvgIpc) is 2.74. The normalized spacial score (nSPS) is 12.1. The van der Waals surface area contributed by atoms with E-state index in [-0.39, 0.29) is 4.90 Å². The van der Waals surface area contributed by atoms with Crippen LogP contribution in [0.15, 0.2) is 35.4 Å². The molecular formula is C13H18N2O3S. The van der Waals surface area contributed by atoms with Gasteiger partial charge in [-0.2, -0.15) is 0 Å². The van der Waals surface area contributed by atoms with Gasteiger partial charge in [-0.25, -0.2) is 13.6 Å².